The third-order valence-corrected chi connectivity index (χ3v) is 1.86. The van der Waals surface area contributed by atoms with Gasteiger partial charge in [-0.3, -0.25) is 0 Å². The zero-order valence-electron chi connectivity index (χ0n) is 7.88. The van der Waals surface area contributed by atoms with Crippen LogP contribution in [0.1, 0.15) is 6.04 Å². The summed E-state index contributed by atoms with van der Waals surface area (Å²) >= 11 is 0. The molecule has 0 amide bonds. The normalized spacial score (nSPS) is 12.7. The van der Waals surface area contributed by atoms with Crippen LogP contribution in [0.2, 0.25) is 0 Å². The van der Waals surface area contributed by atoms with Gasteiger partial charge in [-0.25, -0.2) is 22.7 Å². The van der Waals surface area contributed by atoms with Crippen LogP contribution in [0.3, 0.4) is 0 Å². The van der Waals surface area contributed by atoms with E-state index in [2.05, 4.69) is 6.58 Å². The number of allylic oxidation sites excluding steroid dienone is 1. The number of imidazole rings is 1. The molecule has 1 N–H and O–H groups in total. The molecule has 0 fully saturated rings. The van der Waals surface area contributed by atoms with Crippen LogP contribution in [0.15, 0.2) is 31.4 Å². The van der Waals surface area contributed by atoms with Gasteiger partial charge in [-0.05, 0) is 0 Å². The summed E-state index contributed by atoms with van der Waals surface area (Å²) < 4.78 is 27.3. The smallest absolute Gasteiger partial charge is 0.355 e. The second-order valence-corrected chi connectivity index (χ2v) is 2.96. The molecule has 6 heteroatoms. The van der Waals surface area contributed by atoms with Gasteiger partial charge in [0.05, 0.1) is 0 Å². The van der Waals surface area contributed by atoms with E-state index >= 15 is 0 Å². The highest BCUT2D eigenvalue weighted by atomic mass is 19.3. The minimum atomic E-state index is -2.94. The second kappa shape index (κ2) is 4.68. The van der Waals surface area contributed by atoms with E-state index in [0.29, 0.717) is 6.54 Å². The number of nitrogens with zero attached hydrogens (tertiary/aromatic N) is 2. The average Bonchev–Trinajstić information content (AvgIpc) is 2.52. The lowest BCUT2D eigenvalue weighted by Crippen LogP contribution is -2.32. The van der Waals surface area contributed by atoms with Gasteiger partial charge < -0.3 is 5.11 Å². The van der Waals surface area contributed by atoms with E-state index in [4.69, 9.17) is 5.11 Å². The van der Waals surface area contributed by atoms with E-state index in [1.165, 1.54) is 18.7 Å². The van der Waals surface area contributed by atoms with Crippen molar-refractivity contribution in [1.29, 1.82) is 0 Å². The van der Waals surface area contributed by atoms with Gasteiger partial charge in [-0.15, -0.1) is 0 Å². The standard InChI is InChI=1S/C9H10F2N2O2/c1-2-3-12-4-5-13(6-12)7(8(10)11)9(14)15/h2,4-8H,1,3H2/p+1. The van der Waals surface area contributed by atoms with Crippen LogP contribution in [0, 0.1) is 0 Å². The Bertz CT molecular complexity index is 363. The zero-order valence-corrected chi connectivity index (χ0v) is 7.88. The van der Waals surface area contributed by atoms with Crippen LogP contribution in [0.25, 0.3) is 0 Å². The summed E-state index contributed by atoms with van der Waals surface area (Å²) in [5.41, 5.74) is 0. The van der Waals surface area contributed by atoms with Crippen molar-refractivity contribution in [3.63, 3.8) is 0 Å². The molecule has 0 radical (unpaired) electrons. The van der Waals surface area contributed by atoms with Gasteiger partial charge in [0.25, 0.3) is 12.5 Å². The maximum absolute atomic E-state index is 12.4. The molecule has 0 aliphatic heterocycles. The van der Waals surface area contributed by atoms with Gasteiger partial charge in [0, 0.05) is 0 Å². The number of aromatic nitrogens is 2. The third-order valence-electron chi connectivity index (χ3n) is 1.86. The number of carbonyl (C=O) groups is 1. The topological polar surface area (TPSA) is 46.1 Å². The Morgan fingerprint density at radius 3 is 2.80 bits per heavy atom. The molecule has 0 aliphatic rings. The molecule has 1 aromatic heterocycles. The first kappa shape index (κ1) is 11.4. The van der Waals surface area contributed by atoms with Crippen LogP contribution >= 0.6 is 0 Å². The van der Waals surface area contributed by atoms with E-state index in [1.807, 2.05) is 0 Å². The summed E-state index contributed by atoms with van der Waals surface area (Å²) in [5.74, 6) is -1.55. The number of halogens is 2. The van der Waals surface area contributed by atoms with E-state index in [9.17, 15) is 13.6 Å². The number of hydrogen-bond acceptors (Lipinski definition) is 1. The number of carboxylic acids is 1. The van der Waals surface area contributed by atoms with E-state index in [0.717, 1.165) is 4.57 Å². The number of rotatable bonds is 5. The molecule has 1 heterocycles. The van der Waals surface area contributed by atoms with Crippen molar-refractivity contribution in [2.75, 3.05) is 0 Å². The van der Waals surface area contributed by atoms with Crippen molar-refractivity contribution in [2.45, 2.75) is 19.0 Å². The van der Waals surface area contributed by atoms with Gasteiger partial charge in [0.1, 0.15) is 18.9 Å². The van der Waals surface area contributed by atoms with Gasteiger partial charge >= 0.3 is 5.97 Å². The molecule has 1 atom stereocenters. The van der Waals surface area contributed by atoms with Crippen LogP contribution < -0.4 is 4.57 Å². The summed E-state index contributed by atoms with van der Waals surface area (Å²) in [4.78, 5) is 10.6. The number of carboxylic acid groups (broad SMARTS) is 1. The van der Waals surface area contributed by atoms with Gasteiger partial charge in [0.2, 0.25) is 6.33 Å². The predicted molar refractivity (Wildman–Crippen MR) is 47.5 cm³/mol. The lowest BCUT2D eigenvalue weighted by molar-refractivity contribution is -0.686. The first-order valence-corrected chi connectivity index (χ1v) is 4.24. The Balaban J connectivity index is 2.91. The Morgan fingerprint density at radius 1 is 1.67 bits per heavy atom. The van der Waals surface area contributed by atoms with Crippen molar-refractivity contribution < 1.29 is 23.2 Å². The van der Waals surface area contributed by atoms with Crippen LogP contribution in [-0.2, 0) is 11.3 Å². The number of aliphatic carboxylic acids is 1. The number of alkyl halides is 2. The summed E-state index contributed by atoms with van der Waals surface area (Å²) in [7, 11) is 0. The molecule has 0 saturated carbocycles. The Kier molecular flexibility index (Phi) is 3.54. The van der Waals surface area contributed by atoms with Crippen molar-refractivity contribution >= 4 is 5.97 Å². The van der Waals surface area contributed by atoms with Crippen LogP contribution in [0.4, 0.5) is 8.78 Å². The van der Waals surface area contributed by atoms with Gasteiger partial charge in [0.15, 0.2) is 0 Å². The first-order chi connectivity index (χ1) is 7.06. The summed E-state index contributed by atoms with van der Waals surface area (Å²) in [5, 5.41) is 8.61. The molecule has 0 aliphatic carbocycles. The zero-order chi connectivity index (χ0) is 11.4. The minimum absolute atomic E-state index is 0.447. The van der Waals surface area contributed by atoms with Crippen molar-refractivity contribution in [3.8, 4) is 0 Å². The highest BCUT2D eigenvalue weighted by Crippen LogP contribution is 2.15. The lowest BCUT2D eigenvalue weighted by atomic mass is 10.3. The van der Waals surface area contributed by atoms with Gasteiger partial charge in [-0.2, -0.15) is 0 Å². The lowest BCUT2D eigenvalue weighted by Gasteiger charge is -2.06. The van der Waals surface area contributed by atoms with E-state index < -0.39 is 18.4 Å². The third kappa shape index (κ3) is 2.61. The monoisotopic (exact) mass is 217 g/mol. The molecule has 4 nitrogen and oxygen atoms in total. The molecule has 0 spiro atoms. The van der Waals surface area contributed by atoms with Crippen LogP contribution in [0.5, 0.6) is 0 Å². The van der Waals surface area contributed by atoms with Gasteiger partial charge in [-0.1, -0.05) is 12.7 Å². The molecular weight excluding hydrogens is 206 g/mol. The second-order valence-electron chi connectivity index (χ2n) is 2.96. The quantitative estimate of drug-likeness (QED) is 0.587. The Morgan fingerprint density at radius 2 is 2.33 bits per heavy atom. The average molecular weight is 217 g/mol. The maximum Gasteiger partial charge on any atom is 0.355 e. The van der Waals surface area contributed by atoms with Crippen LogP contribution in [-0.4, -0.2) is 22.1 Å². The van der Waals surface area contributed by atoms with Crippen molar-refractivity contribution in [3.05, 3.63) is 31.4 Å². The highest BCUT2D eigenvalue weighted by Gasteiger charge is 2.34. The minimum Gasteiger partial charge on any atom is -0.478 e. The van der Waals surface area contributed by atoms with Crippen molar-refractivity contribution in [1.82, 2.24) is 4.57 Å². The molecule has 0 saturated heterocycles. The molecule has 82 valence electrons. The summed E-state index contributed by atoms with van der Waals surface area (Å²) in [6.45, 7) is 3.93. The fraction of sp³-hybridized carbons (Fsp3) is 0.333. The number of hydrogen-bond donors (Lipinski definition) is 1. The van der Waals surface area contributed by atoms with E-state index in [1.54, 1.807) is 10.6 Å². The molecular formula is C9H11F2N2O2+. The first-order valence-electron chi connectivity index (χ1n) is 4.24. The van der Waals surface area contributed by atoms with E-state index in [-0.39, 0.29) is 0 Å². The summed E-state index contributed by atoms with van der Waals surface area (Å²) in [6.07, 6.45) is 2.77. The molecule has 15 heavy (non-hydrogen) atoms. The SMILES string of the molecule is C=CC[n+]1ccn(C(C(=O)O)C(F)F)c1. The molecule has 1 aromatic rings. The Hall–Kier alpha value is -1.72. The maximum atomic E-state index is 12.4. The predicted octanol–water partition coefficient (Wildman–Crippen LogP) is 0.852. The molecule has 0 bridgehead atoms. The molecule has 1 unspecified atom stereocenters. The Labute approximate surface area is 85.1 Å². The highest BCUT2D eigenvalue weighted by molar-refractivity contribution is 5.72. The summed E-state index contributed by atoms with van der Waals surface area (Å²) in [6, 6.07) is -1.84. The largest absolute Gasteiger partial charge is 0.478 e. The fourth-order valence-electron chi connectivity index (χ4n) is 1.20. The van der Waals surface area contributed by atoms with Crippen molar-refractivity contribution in [2.24, 2.45) is 0 Å². The molecule has 1 rings (SSSR count). The molecule has 0 aromatic carbocycles. The fourth-order valence-corrected chi connectivity index (χ4v) is 1.20.